The van der Waals surface area contributed by atoms with Crippen molar-refractivity contribution in [2.24, 2.45) is 5.73 Å². The zero-order valence-corrected chi connectivity index (χ0v) is 18.5. The fourth-order valence-electron chi connectivity index (χ4n) is 3.49. The number of unbranched alkanes of at least 4 members (excludes halogenated alkanes) is 4. The number of carbonyl (C=O) groups excluding carboxylic acids is 2. The lowest BCUT2D eigenvalue weighted by molar-refractivity contribution is -0.121. The number of hydrogen-bond acceptors (Lipinski definition) is 4. The average molecular weight is 438 g/mol. The number of fused-ring (bicyclic) bond motifs is 1. The van der Waals surface area contributed by atoms with Gasteiger partial charge >= 0.3 is 6.03 Å². The molecule has 0 aliphatic heterocycles. The fourth-order valence-corrected chi connectivity index (χ4v) is 3.49. The summed E-state index contributed by atoms with van der Waals surface area (Å²) in [4.78, 5) is 23.4. The number of nitrogens with zero attached hydrogens (tertiary/aromatic N) is 1. The second-order valence-corrected chi connectivity index (χ2v) is 7.77. The van der Waals surface area contributed by atoms with Crippen molar-refractivity contribution >= 4 is 28.4 Å². The summed E-state index contributed by atoms with van der Waals surface area (Å²) < 4.78 is 13.2. The molecule has 0 fully saturated rings. The van der Waals surface area contributed by atoms with Gasteiger partial charge in [-0.25, -0.2) is 4.79 Å². The van der Waals surface area contributed by atoms with Crippen LogP contribution in [-0.4, -0.2) is 29.6 Å². The largest absolute Gasteiger partial charge is 0.494 e. The van der Waals surface area contributed by atoms with E-state index in [-0.39, 0.29) is 18.9 Å². The number of urea groups is 1. The summed E-state index contributed by atoms with van der Waals surface area (Å²) in [6, 6.07) is 14.0. The van der Waals surface area contributed by atoms with E-state index in [2.05, 4.69) is 12.2 Å². The molecule has 0 unspecified atom stereocenters. The molecule has 0 saturated heterocycles. The van der Waals surface area contributed by atoms with Crippen LogP contribution in [0.2, 0.25) is 0 Å². The first kappa shape index (κ1) is 23.2. The predicted octanol–water partition coefficient (Wildman–Crippen LogP) is 5.13. The van der Waals surface area contributed by atoms with Gasteiger partial charge in [0.25, 0.3) is 0 Å². The summed E-state index contributed by atoms with van der Waals surface area (Å²) in [7, 11) is 0. The van der Waals surface area contributed by atoms with Crippen LogP contribution in [0.15, 0.2) is 54.7 Å². The van der Waals surface area contributed by atoms with Gasteiger partial charge in [-0.15, -0.1) is 0 Å². The van der Waals surface area contributed by atoms with Crippen molar-refractivity contribution in [1.82, 2.24) is 4.57 Å². The zero-order chi connectivity index (χ0) is 22.8. The molecule has 0 radical (unpaired) electrons. The van der Waals surface area contributed by atoms with Gasteiger partial charge in [0, 0.05) is 22.8 Å². The van der Waals surface area contributed by atoms with Crippen molar-refractivity contribution in [2.75, 3.05) is 18.5 Å². The number of nitrogens with one attached hydrogen (secondary N) is 1. The minimum atomic E-state index is -0.613. The van der Waals surface area contributed by atoms with Crippen molar-refractivity contribution < 1.29 is 19.1 Å². The number of anilines is 1. The third-order valence-electron chi connectivity index (χ3n) is 5.13. The first-order valence-corrected chi connectivity index (χ1v) is 11.1. The maximum absolute atomic E-state index is 12.4. The standard InChI is InChI=1S/C25H31N3O4/c1-2-3-4-5-6-15-31-22-8-10-23(11-9-22)32-18-21(29)17-28-14-13-19-16-20(27-25(26)30)7-12-24(19)28/h7-14,16H,2-6,15,17-18H2,1H3,(H3,26,27,30). The van der Waals surface area contributed by atoms with Gasteiger partial charge in [0.1, 0.15) is 18.1 Å². The van der Waals surface area contributed by atoms with E-state index < -0.39 is 6.03 Å². The Morgan fingerprint density at radius 3 is 2.38 bits per heavy atom. The fraction of sp³-hybridized carbons (Fsp3) is 0.360. The number of nitrogens with two attached hydrogens (primary N) is 1. The minimum absolute atomic E-state index is 0.0153. The van der Waals surface area contributed by atoms with Crippen LogP contribution in [0.4, 0.5) is 10.5 Å². The third-order valence-corrected chi connectivity index (χ3v) is 5.13. The molecule has 3 N–H and O–H groups in total. The van der Waals surface area contributed by atoms with Crippen molar-refractivity contribution in [3.63, 3.8) is 0 Å². The molecule has 2 amide bonds. The number of Topliss-reactive ketones (excluding diaryl/α,β-unsaturated/α-hetero) is 1. The molecule has 0 saturated carbocycles. The summed E-state index contributed by atoms with van der Waals surface area (Å²) in [5, 5.41) is 3.45. The van der Waals surface area contributed by atoms with Gasteiger partial charge in [0.05, 0.1) is 13.2 Å². The highest BCUT2D eigenvalue weighted by molar-refractivity contribution is 5.92. The third kappa shape index (κ3) is 7.04. The van der Waals surface area contributed by atoms with Crippen LogP contribution in [-0.2, 0) is 11.3 Å². The van der Waals surface area contributed by atoms with Crippen LogP contribution in [0, 0.1) is 0 Å². The maximum atomic E-state index is 12.4. The quantitative estimate of drug-likeness (QED) is 0.362. The number of amides is 2. The number of carbonyl (C=O) groups is 2. The van der Waals surface area contributed by atoms with Gasteiger partial charge in [-0.1, -0.05) is 32.6 Å². The van der Waals surface area contributed by atoms with E-state index in [9.17, 15) is 9.59 Å². The smallest absolute Gasteiger partial charge is 0.316 e. The van der Waals surface area contributed by atoms with Gasteiger partial charge in [0.2, 0.25) is 0 Å². The second kappa shape index (κ2) is 11.8. The number of aromatic nitrogens is 1. The van der Waals surface area contributed by atoms with E-state index in [1.807, 2.05) is 53.2 Å². The lowest BCUT2D eigenvalue weighted by Crippen LogP contribution is -2.19. The zero-order valence-electron chi connectivity index (χ0n) is 18.5. The highest BCUT2D eigenvalue weighted by atomic mass is 16.5. The Morgan fingerprint density at radius 2 is 1.66 bits per heavy atom. The average Bonchev–Trinajstić information content (AvgIpc) is 3.17. The molecular formula is C25H31N3O4. The minimum Gasteiger partial charge on any atom is -0.494 e. The van der Waals surface area contributed by atoms with Gasteiger partial charge < -0.3 is 25.1 Å². The summed E-state index contributed by atoms with van der Waals surface area (Å²) >= 11 is 0. The van der Waals surface area contributed by atoms with E-state index in [4.69, 9.17) is 15.2 Å². The van der Waals surface area contributed by atoms with E-state index in [0.29, 0.717) is 18.0 Å². The van der Waals surface area contributed by atoms with Crippen LogP contribution in [0.3, 0.4) is 0 Å². The molecule has 2 aromatic carbocycles. The highest BCUT2D eigenvalue weighted by Crippen LogP contribution is 2.21. The van der Waals surface area contributed by atoms with Crippen LogP contribution < -0.4 is 20.5 Å². The van der Waals surface area contributed by atoms with E-state index in [1.165, 1.54) is 25.7 Å². The predicted molar refractivity (Wildman–Crippen MR) is 126 cm³/mol. The number of rotatable bonds is 13. The van der Waals surface area contributed by atoms with Crippen LogP contribution in [0.25, 0.3) is 10.9 Å². The monoisotopic (exact) mass is 437 g/mol. The molecule has 0 aliphatic rings. The second-order valence-electron chi connectivity index (χ2n) is 7.77. The molecule has 3 aromatic rings. The highest BCUT2D eigenvalue weighted by Gasteiger charge is 2.09. The molecule has 0 bridgehead atoms. The lowest BCUT2D eigenvalue weighted by Gasteiger charge is -2.09. The topological polar surface area (TPSA) is 95.6 Å². The molecule has 0 aliphatic carbocycles. The van der Waals surface area contributed by atoms with Gasteiger partial charge in [-0.3, -0.25) is 4.79 Å². The Kier molecular flexibility index (Phi) is 8.54. The van der Waals surface area contributed by atoms with Crippen molar-refractivity contribution in [1.29, 1.82) is 0 Å². The van der Waals surface area contributed by atoms with Crippen molar-refractivity contribution in [2.45, 2.75) is 45.6 Å². The first-order chi connectivity index (χ1) is 15.5. The molecule has 170 valence electrons. The van der Waals surface area contributed by atoms with E-state index >= 15 is 0 Å². The Morgan fingerprint density at radius 1 is 0.938 bits per heavy atom. The van der Waals surface area contributed by atoms with Crippen molar-refractivity contribution in [3.8, 4) is 11.5 Å². The molecule has 3 rings (SSSR count). The number of ketones is 1. The normalized spacial score (nSPS) is 10.8. The van der Waals surface area contributed by atoms with Crippen LogP contribution in [0.5, 0.6) is 11.5 Å². The van der Waals surface area contributed by atoms with Gasteiger partial charge in [0.15, 0.2) is 5.78 Å². The first-order valence-electron chi connectivity index (χ1n) is 11.1. The molecule has 7 nitrogen and oxygen atoms in total. The summed E-state index contributed by atoms with van der Waals surface area (Å²) in [6.07, 6.45) is 7.87. The summed E-state index contributed by atoms with van der Waals surface area (Å²) in [5.74, 6) is 1.39. The Hall–Kier alpha value is -3.48. The summed E-state index contributed by atoms with van der Waals surface area (Å²) in [6.45, 7) is 3.11. The van der Waals surface area contributed by atoms with Gasteiger partial charge in [-0.05, 0) is 55.0 Å². The number of hydrogen-bond donors (Lipinski definition) is 2. The Bertz CT molecular complexity index is 1030. The molecule has 0 atom stereocenters. The molecule has 0 spiro atoms. The lowest BCUT2D eigenvalue weighted by atomic mass is 10.2. The molecule has 7 heteroatoms. The van der Waals surface area contributed by atoms with Crippen molar-refractivity contribution in [3.05, 3.63) is 54.7 Å². The SMILES string of the molecule is CCCCCCCOc1ccc(OCC(=O)Cn2ccc3cc(NC(N)=O)ccc32)cc1. The van der Waals surface area contributed by atoms with Crippen LogP contribution >= 0.6 is 0 Å². The van der Waals surface area contributed by atoms with E-state index in [0.717, 1.165) is 23.1 Å². The molecular weight excluding hydrogens is 406 g/mol. The molecule has 1 heterocycles. The van der Waals surface area contributed by atoms with E-state index in [1.54, 1.807) is 6.07 Å². The Balaban J connectivity index is 1.44. The number of benzene rings is 2. The Labute approximate surface area is 188 Å². The molecule has 1 aromatic heterocycles. The number of primary amides is 1. The maximum Gasteiger partial charge on any atom is 0.316 e. The number of ether oxygens (including phenoxy) is 2. The van der Waals surface area contributed by atoms with Gasteiger partial charge in [-0.2, -0.15) is 0 Å². The van der Waals surface area contributed by atoms with Crippen LogP contribution in [0.1, 0.15) is 39.0 Å². The molecule has 32 heavy (non-hydrogen) atoms. The summed E-state index contributed by atoms with van der Waals surface area (Å²) in [5.41, 5.74) is 6.66.